The normalized spacial score (nSPS) is 15.7. The maximum Gasteiger partial charge on any atom is 0.227 e. The Morgan fingerprint density at radius 3 is 2.56 bits per heavy atom. The smallest absolute Gasteiger partial charge is 0.227 e. The van der Waals surface area contributed by atoms with Crippen molar-refractivity contribution in [1.82, 2.24) is 9.55 Å². The van der Waals surface area contributed by atoms with Gasteiger partial charge in [0.1, 0.15) is 11.6 Å². The van der Waals surface area contributed by atoms with Crippen molar-refractivity contribution in [2.45, 2.75) is 59.4 Å². The molecule has 0 aliphatic carbocycles. The first-order valence-corrected chi connectivity index (χ1v) is 12.9. The lowest BCUT2D eigenvalue weighted by Crippen LogP contribution is -2.25. The third kappa shape index (κ3) is 4.88. The number of fused-ring (bicyclic) bond motifs is 1. The van der Waals surface area contributed by atoms with Gasteiger partial charge in [-0.05, 0) is 93.1 Å². The van der Waals surface area contributed by atoms with Crippen molar-refractivity contribution in [2.75, 3.05) is 18.1 Å². The second-order valence-corrected chi connectivity index (χ2v) is 10.1. The van der Waals surface area contributed by atoms with Crippen LogP contribution in [0.15, 0.2) is 60.7 Å². The van der Waals surface area contributed by atoms with Crippen LogP contribution in [0, 0.1) is 27.7 Å². The first kappa shape index (κ1) is 24.1. The first-order chi connectivity index (χ1) is 17.4. The Balaban J connectivity index is 1.30. The molecule has 2 heterocycles. The van der Waals surface area contributed by atoms with E-state index in [0.717, 1.165) is 53.2 Å². The number of para-hydroxylation sites is 2. The van der Waals surface area contributed by atoms with Gasteiger partial charge in [-0.3, -0.25) is 4.79 Å². The molecule has 1 amide bonds. The molecule has 1 fully saturated rings. The molecular formula is C31H35N3O2. The van der Waals surface area contributed by atoms with Crippen molar-refractivity contribution in [3.05, 3.63) is 88.7 Å². The van der Waals surface area contributed by atoms with Gasteiger partial charge >= 0.3 is 0 Å². The molecule has 1 unspecified atom stereocenters. The monoisotopic (exact) mass is 481 g/mol. The fourth-order valence-electron chi connectivity index (χ4n) is 5.13. The summed E-state index contributed by atoms with van der Waals surface area (Å²) in [6, 6.07) is 20.9. The molecule has 36 heavy (non-hydrogen) atoms. The predicted molar refractivity (Wildman–Crippen MR) is 146 cm³/mol. The summed E-state index contributed by atoms with van der Waals surface area (Å²) >= 11 is 0. The van der Waals surface area contributed by atoms with E-state index in [1.165, 1.54) is 16.7 Å². The minimum absolute atomic E-state index is 0.0802. The molecule has 0 radical (unpaired) electrons. The molecule has 5 rings (SSSR count). The molecule has 0 spiro atoms. The van der Waals surface area contributed by atoms with Crippen LogP contribution in [-0.2, 0) is 11.3 Å². The van der Waals surface area contributed by atoms with E-state index in [1.54, 1.807) is 0 Å². The number of imidazole rings is 1. The van der Waals surface area contributed by atoms with Gasteiger partial charge < -0.3 is 14.2 Å². The summed E-state index contributed by atoms with van der Waals surface area (Å²) in [5.41, 5.74) is 7.99. The zero-order chi connectivity index (χ0) is 25.2. The number of unbranched alkanes of at least 4 members (excludes halogenated alkanes) is 1. The van der Waals surface area contributed by atoms with E-state index < -0.39 is 0 Å². The maximum absolute atomic E-state index is 13.1. The molecular weight excluding hydrogens is 446 g/mol. The number of ether oxygens (including phenoxy) is 1. The van der Waals surface area contributed by atoms with Gasteiger partial charge in [0.05, 0.1) is 17.6 Å². The molecule has 5 nitrogen and oxygen atoms in total. The zero-order valence-corrected chi connectivity index (χ0v) is 21.8. The van der Waals surface area contributed by atoms with E-state index in [2.05, 4.69) is 80.8 Å². The predicted octanol–water partition coefficient (Wildman–Crippen LogP) is 6.65. The van der Waals surface area contributed by atoms with Crippen LogP contribution >= 0.6 is 0 Å². The summed E-state index contributed by atoms with van der Waals surface area (Å²) in [5, 5.41) is 0. The molecule has 1 atom stereocenters. The third-order valence-electron chi connectivity index (χ3n) is 7.35. The summed E-state index contributed by atoms with van der Waals surface area (Å²) in [7, 11) is 0. The summed E-state index contributed by atoms with van der Waals surface area (Å²) in [6.45, 7) is 10.6. The first-order valence-electron chi connectivity index (χ1n) is 12.9. The minimum atomic E-state index is 0.0802. The van der Waals surface area contributed by atoms with Gasteiger partial charge in [-0.15, -0.1) is 0 Å². The maximum atomic E-state index is 13.1. The van der Waals surface area contributed by atoms with Crippen molar-refractivity contribution in [2.24, 2.45) is 0 Å². The Morgan fingerprint density at radius 2 is 1.72 bits per heavy atom. The van der Waals surface area contributed by atoms with Crippen LogP contribution in [0.5, 0.6) is 5.75 Å². The number of hydrogen-bond donors (Lipinski definition) is 0. The quantitative estimate of drug-likeness (QED) is 0.265. The van der Waals surface area contributed by atoms with Gasteiger partial charge in [0.25, 0.3) is 0 Å². The van der Waals surface area contributed by atoms with E-state index >= 15 is 0 Å². The second kappa shape index (κ2) is 10.2. The van der Waals surface area contributed by atoms with Gasteiger partial charge in [0, 0.05) is 31.1 Å². The van der Waals surface area contributed by atoms with Gasteiger partial charge in [-0.25, -0.2) is 4.98 Å². The van der Waals surface area contributed by atoms with E-state index in [9.17, 15) is 4.79 Å². The average molecular weight is 482 g/mol. The molecule has 4 aromatic rings. The highest BCUT2D eigenvalue weighted by Crippen LogP contribution is 2.35. The summed E-state index contributed by atoms with van der Waals surface area (Å²) in [5.74, 6) is 2.21. The number of aryl methyl sites for hydroxylation is 5. The van der Waals surface area contributed by atoms with Crippen LogP contribution in [0.3, 0.4) is 0 Å². The average Bonchev–Trinajstić information content (AvgIpc) is 3.43. The Kier molecular flexibility index (Phi) is 6.82. The van der Waals surface area contributed by atoms with Gasteiger partial charge in [0.2, 0.25) is 5.91 Å². The fraction of sp³-hybridized carbons (Fsp3) is 0.355. The standard InChI is InChI=1S/C31H35N3O2/c1-21-11-12-23(3)29(17-21)34-20-25(19-30(34)35)31-32-27-9-5-6-10-28(27)33(31)15-7-8-16-36-26-14-13-22(2)24(4)18-26/h5-6,9-14,17-18,25H,7-8,15-16,19-20H2,1-4H3. The Labute approximate surface area is 213 Å². The lowest BCUT2D eigenvalue weighted by atomic mass is 10.1. The molecule has 3 aromatic carbocycles. The van der Waals surface area contributed by atoms with Gasteiger partial charge in [-0.2, -0.15) is 0 Å². The van der Waals surface area contributed by atoms with Crippen LogP contribution in [0.25, 0.3) is 11.0 Å². The number of carbonyl (C=O) groups excluding carboxylic acids is 1. The molecule has 1 saturated heterocycles. The van der Waals surface area contributed by atoms with Crippen molar-refractivity contribution in [1.29, 1.82) is 0 Å². The summed E-state index contributed by atoms with van der Waals surface area (Å²) < 4.78 is 8.33. The summed E-state index contributed by atoms with van der Waals surface area (Å²) in [4.78, 5) is 20.1. The zero-order valence-electron chi connectivity index (χ0n) is 21.8. The minimum Gasteiger partial charge on any atom is -0.494 e. The molecule has 1 aromatic heterocycles. The van der Waals surface area contributed by atoms with Crippen LogP contribution in [-0.4, -0.2) is 28.6 Å². The van der Waals surface area contributed by atoms with Crippen LogP contribution in [0.4, 0.5) is 5.69 Å². The Hall–Kier alpha value is -3.60. The van der Waals surface area contributed by atoms with Gasteiger partial charge in [0.15, 0.2) is 0 Å². The number of hydrogen-bond acceptors (Lipinski definition) is 3. The van der Waals surface area contributed by atoms with Crippen molar-refractivity contribution < 1.29 is 9.53 Å². The largest absolute Gasteiger partial charge is 0.494 e. The number of anilines is 1. The number of carbonyl (C=O) groups is 1. The number of benzene rings is 3. The highest BCUT2D eigenvalue weighted by atomic mass is 16.5. The van der Waals surface area contributed by atoms with E-state index in [0.29, 0.717) is 19.6 Å². The van der Waals surface area contributed by atoms with Crippen LogP contribution in [0.2, 0.25) is 0 Å². The lowest BCUT2D eigenvalue weighted by molar-refractivity contribution is -0.117. The molecule has 0 saturated carbocycles. The SMILES string of the molecule is Cc1ccc(C)c(N2CC(c3nc4ccccc4n3CCCCOc3ccc(C)c(C)c3)CC2=O)c1. The number of nitrogens with zero attached hydrogens (tertiary/aromatic N) is 3. The van der Waals surface area contributed by atoms with E-state index in [1.807, 2.05) is 17.0 Å². The highest BCUT2D eigenvalue weighted by Gasteiger charge is 2.35. The molecule has 1 aliphatic rings. The molecule has 0 N–H and O–H groups in total. The summed E-state index contributed by atoms with van der Waals surface area (Å²) in [6.07, 6.45) is 2.43. The van der Waals surface area contributed by atoms with Crippen molar-refractivity contribution in [3.63, 3.8) is 0 Å². The van der Waals surface area contributed by atoms with Gasteiger partial charge in [-0.1, -0.05) is 30.3 Å². The van der Waals surface area contributed by atoms with Crippen molar-refractivity contribution in [3.8, 4) is 5.75 Å². The fourth-order valence-corrected chi connectivity index (χ4v) is 5.13. The number of aromatic nitrogens is 2. The van der Waals surface area contributed by atoms with E-state index in [4.69, 9.17) is 9.72 Å². The van der Waals surface area contributed by atoms with Crippen LogP contribution in [0.1, 0.15) is 53.3 Å². The number of amides is 1. The van der Waals surface area contributed by atoms with Crippen LogP contribution < -0.4 is 9.64 Å². The topological polar surface area (TPSA) is 47.4 Å². The second-order valence-electron chi connectivity index (χ2n) is 10.1. The third-order valence-corrected chi connectivity index (χ3v) is 7.35. The number of rotatable bonds is 8. The lowest BCUT2D eigenvalue weighted by Gasteiger charge is -2.20. The van der Waals surface area contributed by atoms with E-state index in [-0.39, 0.29) is 11.8 Å². The van der Waals surface area contributed by atoms with Crippen molar-refractivity contribution >= 4 is 22.6 Å². The molecule has 186 valence electrons. The molecule has 0 bridgehead atoms. The Bertz CT molecular complexity index is 1400. The highest BCUT2D eigenvalue weighted by molar-refractivity contribution is 5.97. The Morgan fingerprint density at radius 1 is 0.917 bits per heavy atom. The molecule has 5 heteroatoms. The molecule has 1 aliphatic heterocycles.